The van der Waals surface area contributed by atoms with Gasteiger partial charge < -0.3 is 5.11 Å². The summed E-state index contributed by atoms with van der Waals surface area (Å²) in [5.41, 5.74) is 2.39. The number of rotatable bonds is 4. The molecule has 78 valence electrons. The van der Waals surface area contributed by atoms with Gasteiger partial charge in [-0.05, 0) is 29.9 Å². The van der Waals surface area contributed by atoms with E-state index in [9.17, 15) is 4.79 Å². The van der Waals surface area contributed by atoms with E-state index in [1.165, 1.54) is 11.1 Å². The van der Waals surface area contributed by atoms with Gasteiger partial charge in [-0.15, -0.1) is 6.58 Å². The van der Waals surface area contributed by atoms with Crippen molar-refractivity contribution in [1.29, 1.82) is 0 Å². The molecule has 15 heavy (non-hydrogen) atoms. The normalized spacial score (nSPS) is 23.5. The fraction of sp³-hybridized carbons (Fsp3) is 0.308. The van der Waals surface area contributed by atoms with E-state index in [1.807, 2.05) is 30.3 Å². The van der Waals surface area contributed by atoms with Gasteiger partial charge in [-0.1, -0.05) is 30.3 Å². The third-order valence-corrected chi connectivity index (χ3v) is 2.93. The first kappa shape index (κ1) is 9.97. The lowest BCUT2D eigenvalue weighted by Gasteiger charge is -2.05. The summed E-state index contributed by atoms with van der Waals surface area (Å²) in [7, 11) is 0. The van der Waals surface area contributed by atoms with Gasteiger partial charge in [-0.3, -0.25) is 4.79 Å². The summed E-state index contributed by atoms with van der Waals surface area (Å²) in [6.45, 7) is 3.71. The van der Waals surface area contributed by atoms with Crippen LogP contribution in [0.1, 0.15) is 23.5 Å². The molecule has 0 unspecified atom stereocenters. The lowest BCUT2D eigenvalue weighted by atomic mass is 10.00. The second kappa shape index (κ2) is 3.89. The van der Waals surface area contributed by atoms with Crippen LogP contribution < -0.4 is 0 Å². The average Bonchev–Trinajstić information content (AvgIpc) is 2.99. The number of aliphatic carboxylic acids is 1. The molecule has 2 atom stereocenters. The quantitative estimate of drug-likeness (QED) is 0.762. The summed E-state index contributed by atoms with van der Waals surface area (Å²) in [5.74, 6) is -0.622. The molecule has 0 radical (unpaired) electrons. The number of hydrogen-bond donors (Lipinski definition) is 1. The van der Waals surface area contributed by atoms with E-state index in [0.717, 1.165) is 12.8 Å². The molecule has 1 fully saturated rings. The summed E-state index contributed by atoms with van der Waals surface area (Å²) in [5, 5.41) is 8.89. The standard InChI is InChI=1S/C13H14O2/c1-2-5-9-6-3-4-7-10(9)11-8-12(11)13(14)15/h2-4,6-7,11-12H,1,5,8H2,(H,14,15)/t11-,12+/m0/s1. The molecule has 0 amide bonds. The Kier molecular flexibility index (Phi) is 2.58. The Labute approximate surface area is 89.2 Å². The summed E-state index contributed by atoms with van der Waals surface area (Å²) < 4.78 is 0. The van der Waals surface area contributed by atoms with Gasteiger partial charge in [0, 0.05) is 0 Å². The third-order valence-electron chi connectivity index (χ3n) is 2.93. The van der Waals surface area contributed by atoms with Crippen molar-refractivity contribution < 1.29 is 9.90 Å². The van der Waals surface area contributed by atoms with Crippen LogP contribution in [0.2, 0.25) is 0 Å². The Balaban J connectivity index is 2.22. The van der Waals surface area contributed by atoms with E-state index in [4.69, 9.17) is 5.11 Å². The SMILES string of the molecule is C=CCc1ccccc1[C@@H]1C[C@H]1C(=O)O. The van der Waals surface area contributed by atoms with Crippen LogP contribution in [0.25, 0.3) is 0 Å². The molecule has 1 aliphatic rings. The zero-order valence-corrected chi connectivity index (χ0v) is 8.52. The van der Waals surface area contributed by atoms with Crippen molar-refractivity contribution in [2.45, 2.75) is 18.8 Å². The van der Waals surface area contributed by atoms with E-state index in [0.29, 0.717) is 0 Å². The van der Waals surface area contributed by atoms with Crippen LogP contribution in [-0.2, 0) is 11.2 Å². The monoisotopic (exact) mass is 202 g/mol. The molecule has 0 heterocycles. The summed E-state index contributed by atoms with van der Waals surface area (Å²) in [6.07, 6.45) is 3.46. The van der Waals surface area contributed by atoms with Crippen molar-refractivity contribution in [3.63, 3.8) is 0 Å². The minimum atomic E-state index is -0.673. The second-order valence-electron chi connectivity index (χ2n) is 3.98. The smallest absolute Gasteiger partial charge is 0.307 e. The first-order valence-corrected chi connectivity index (χ1v) is 5.15. The highest BCUT2D eigenvalue weighted by Gasteiger charge is 2.44. The number of hydrogen-bond acceptors (Lipinski definition) is 1. The number of carboxylic acids is 1. The minimum absolute atomic E-state index is 0.170. The highest BCUT2D eigenvalue weighted by Crippen LogP contribution is 2.48. The molecule has 2 rings (SSSR count). The third kappa shape index (κ3) is 1.94. The minimum Gasteiger partial charge on any atom is -0.481 e. The van der Waals surface area contributed by atoms with Crippen LogP contribution >= 0.6 is 0 Å². The van der Waals surface area contributed by atoms with E-state index in [-0.39, 0.29) is 11.8 Å². The Morgan fingerprint density at radius 1 is 1.53 bits per heavy atom. The molecule has 1 aromatic carbocycles. The molecule has 2 nitrogen and oxygen atoms in total. The van der Waals surface area contributed by atoms with Gasteiger partial charge in [-0.25, -0.2) is 0 Å². The second-order valence-corrected chi connectivity index (χ2v) is 3.98. The summed E-state index contributed by atoms with van der Waals surface area (Å²) in [6, 6.07) is 8.04. The van der Waals surface area contributed by atoms with Gasteiger partial charge in [0.2, 0.25) is 0 Å². The summed E-state index contributed by atoms with van der Waals surface area (Å²) in [4.78, 5) is 10.8. The lowest BCUT2D eigenvalue weighted by Crippen LogP contribution is -2.00. The van der Waals surface area contributed by atoms with Crippen LogP contribution in [0, 0.1) is 5.92 Å². The summed E-state index contributed by atoms with van der Waals surface area (Å²) >= 11 is 0. The maximum Gasteiger partial charge on any atom is 0.307 e. The predicted molar refractivity (Wildman–Crippen MR) is 58.8 cm³/mol. The molecular weight excluding hydrogens is 188 g/mol. The van der Waals surface area contributed by atoms with Crippen molar-refractivity contribution >= 4 is 5.97 Å². The molecule has 1 aromatic rings. The average molecular weight is 202 g/mol. The molecular formula is C13H14O2. The molecule has 0 aromatic heterocycles. The van der Waals surface area contributed by atoms with Gasteiger partial charge in [0.15, 0.2) is 0 Å². The van der Waals surface area contributed by atoms with Crippen LogP contribution in [0.5, 0.6) is 0 Å². The topological polar surface area (TPSA) is 37.3 Å². The predicted octanol–water partition coefficient (Wildman–Crippen LogP) is 2.60. The first-order chi connectivity index (χ1) is 7.24. The van der Waals surface area contributed by atoms with Crippen LogP contribution in [0.3, 0.4) is 0 Å². The van der Waals surface area contributed by atoms with Crippen molar-refractivity contribution in [3.05, 3.63) is 48.0 Å². The molecule has 1 aliphatic carbocycles. The number of allylic oxidation sites excluding steroid dienone is 1. The first-order valence-electron chi connectivity index (χ1n) is 5.15. The van der Waals surface area contributed by atoms with E-state index >= 15 is 0 Å². The highest BCUT2D eigenvalue weighted by molar-refractivity contribution is 5.75. The molecule has 2 heteroatoms. The van der Waals surface area contributed by atoms with Gasteiger partial charge in [0.05, 0.1) is 5.92 Å². The Hall–Kier alpha value is -1.57. The fourth-order valence-corrected chi connectivity index (χ4v) is 2.05. The largest absolute Gasteiger partial charge is 0.481 e. The van der Waals surface area contributed by atoms with E-state index < -0.39 is 5.97 Å². The van der Waals surface area contributed by atoms with Gasteiger partial charge in [0.25, 0.3) is 0 Å². The van der Waals surface area contributed by atoms with Crippen LogP contribution in [-0.4, -0.2) is 11.1 Å². The van der Waals surface area contributed by atoms with Crippen LogP contribution in [0.15, 0.2) is 36.9 Å². The highest BCUT2D eigenvalue weighted by atomic mass is 16.4. The zero-order chi connectivity index (χ0) is 10.8. The molecule has 0 saturated heterocycles. The van der Waals surface area contributed by atoms with Gasteiger partial charge in [0.1, 0.15) is 0 Å². The number of benzene rings is 1. The van der Waals surface area contributed by atoms with E-state index in [1.54, 1.807) is 0 Å². The molecule has 1 saturated carbocycles. The zero-order valence-electron chi connectivity index (χ0n) is 8.52. The van der Waals surface area contributed by atoms with Crippen molar-refractivity contribution in [2.24, 2.45) is 5.92 Å². The molecule has 1 N–H and O–H groups in total. The van der Waals surface area contributed by atoms with Crippen molar-refractivity contribution in [3.8, 4) is 0 Å². The van der Waals surface area contributed by atoms with Crippen LogP contribution in [0.4, 0.5) is 0 Å². The lowest BCUT2D eigenvalue weighted by molar-refractivity contribution is -0.138. The van der Waals surface area contributed by atoms with Crippen molar-refractivity contribution in [2.75, 3.05) is 0 Å². The van der Waals surface area contributed by atoms with Crippen molar-refractivity contribution in [1.82, 2.24) is 0 Å². The Morgan fingerprint density at radius 3 is 2.87 bits per heavy atom. The molecule has 0 aliphatic heterocycles. The van der Waals surface area contributed by atoms with E-state index in [2.05, 4.69) is 6.58 Å². The number of carboxylic acid groups (broad SMARTS) is 1. The maximum absolute atomic E-state index is 10.8. The molecule has 0 bridgehead atoms. The Bertz CT molecular complexity index is 395. The maximum atomic E-state index is 10.8. The van der Waals surface area contributed by atoms with Gasteiger partial charge >= 0.3 is 5.97 Å². The molecule has 0 spiro atoms. The number of carbonyl (C=O) groups is 1. The Morgan fingerprint density at radius 2 is 2.27 bits per heavy atom. The van der Waals surface area contributed by atoms with Gasteiger partial charge in [-0.2, -0.15) is 0 Å². The fourth-order valence-electron chi connectivity index (χ4n) is 2.05.